The molecule has 1 aliphatic rings. The summed E-state index contributed by atoms with van der Waals surface area (Å²) in [4.78, 5) is 5.12. The Kier molecular flexibility index (Phi) is 5.65. The van der Waals surface area contributed by atoms with Gasteiger partial charge in [0, 0.05) is 44.0 Å². The molecule has 1 aromatic rings. The topological polar surface area (TPSA) is 18.5 Å². The van der Waals surface area contributed by atoms with Gasteiger partial charge < -0.3 is 10.2 Å². The van der Waals surface area contributed by atoms with Gasteiger partial charge in [0.2, 0.25) is 0 Å². The molecular weight excluding hydrogens is 258 g/mol. The van der Waals surface area contributed by atoms with E-state index in [1.165, 1.54) is 37.3 Å². The Balaban J connectivity index is 2.00. The zero-order valence-corrected chi connectivity index (χ0v) is 14.2. The predicted molar refractivity (Wildman–Crippen MR) is 92.0 cm³/mol. The fourth-order valence-electron chi connectivity index (χ4n) is 2.86. The predicted octanol–water partition coefficient (Wildman–Crippen LogP) is 3.11. The number of hydrogen-bond donors (Lipinski definition) is 1. The molecule has 0 aliphatic carbocycles. The molecule has 1 aromatic carbocycles. The maximum absolute atomic E-state index is 3.61. The van der Waals surface area contributed by atoms with Gasteiger partial charge in [-0.3, -0.25) is 4.90 Å². The summed E-state index contributed by atoms with van der Waals surface area (Å²) in [6.07, 6.45) is 1.26. The number of nitrogens with zero attached hydrogens (tertiary/aromatic N) is 2. The maximum atomic E-state index is 3.61. The Bertz CT molecular complexity index is 428. The third-order valence-electron chi connectivity index (χ3n) is 4.05. The average Bonchev–Trinajstić information content (AvgIpc) is 2.46. The number of benzene rings is 1. The van der Waals surface area contributed by atoms with Gasteiger partial charge in [-0.1, -0.05) is 25.1 Å². The third-order valence-corrected chi connectivity index (χ3v) is 4.05. The zero-order valence-electron chi connectivity index (χ0n) is 14.2. The van der Waals surface area contributed by atoms with Crippen LogP contribution in [0.4, 0.5) is 5.69 Å². The van der Waals surface area contributed by atoms with E-state index in [0.717, 1.165) is 19.6 Å². The number of anilines is 1. The van der Waals surface area contributed by atoms with Crippen molar-refractivity contribution in [3.8, 4) is 0 Å². The van der Waals surface area contributed by atoms with E-state index in [1.54, 1.807) is 0 Å². The molecular formula is C18H31N3. The summed E-state index contributed by atoms with van der Waals surface area (Å²) in [7, 11) is 0. The summed E-state index contributed by atoms with van der Waals surface area (Å²) < 4.78 is 0. The fourth-order valence-corrected chi connectivity index (χ4v) is 2.86. The Hall–Kier alpha value is -1.06. The normalized spacial score (nSPS) is 17.2. The molecule has 3 nitrogen and oxygen atoms in total. The van der Waals surface area contributed by atoms with Crippen molar-refractivity contribution in [2.24, 2.45) is 0 Å². The van der Waals surface area contributed by atoms with E-state index in [-0.39, 0.29) is 5.54 Å². The summed E-state index contributed by atoms with van der Waals surface area (Å²) in [5.74, 6) is 0. The average molecular weight is 289 g/mol. The standard InChI is InChI=1S/C18H31N3/c1-5-10-20-11-13-21(14-12-20)17-9-7-6-8-16(17)15-19-18(2,3)4/h6-9,19H,5,10-15H2,1-4H3. The van der Waals surface area contributed by atoms with Gasteiger partial charge in [0.15, 0.2) is 0 Å². The van der Waals surface area contributed by atoms with Crippen LogP contribution in [-0.2, 0) is 6.54 Å². The molecule has 1 saturated heterocycles. The second-order valence-corrected chi connectivity index (χ2v) is 7.06. The summed E-state index contributed by atoms with van der Waals surface area (Å²) >= 11 is 0. The van der Waals surface area contributed by atoms with Crippen molar-refractivity contribution in [3.05, 3.63) is 29.8 Å². The molecule has 0 unspecified atom stereocenters. The lowest BCUT2D eigenvalue weighted by Crippen LogP contribution is -2.47. The Labute approximate surface area is 130 Å². The van der Waals surface area contributed by atoms with Crippen LogP contribution in [0.25, 0.3) is 0 Å². The van der Waals surface area contributed by atoms with E-state index in [2.05, 4.69) is 67.1 Å². The first-order valence-electron chi connectivity index (χ1n) is 8.30. The molecule has 118 valence electrons. The van der Waals surface area contributed by atoms with Crippen molar-refractivity contribution in [2.75, 3.05) is 37.6 Å². The van der Waals surface area contributed by atoms with Crippen molar-refractivity contribution >= 4 is 5.69 Å². The number of piperazine rings is 1. The van der Waals surface area contributed by atoms with Crippen LogP contribution in [0, 0.1) is 0 Å². The van der Waals surface area contributed by atoms with Crippen LogP contribution < -0.4 is 10.2 Å². The van der Waals surface area contributed by atoms with Crippen LogP contribution in [0.15, 0.2) is 24.3 Å². The van der Waals surface area contributed by atoms with E-state index < -0.39 is 0 Å². The van der Waals surface area contributed by atoms with E-state index in [1.807, 2.05) is 0 Å². The highest BCUT2D eigenvalue weighted by molar-refractivity contribution is 5.54. The highest BCUT2D eigenvalue weighted by Gasteiger charge is 2.19. The van der Waals surface area contributed by atoms with Gasteiger partial charge in [-0.15, -0.1) is 0 Å². The molecule has 2 rings (SSSR count). The van der Waals surface area contributed by atoms with Crippen LogP contribution in [0.1, 0.15) is 39.7 Å². The third kappa shape index (κ3) is 5.01. The van der Waals surface area contributed by atoms with Crippen LogP contribution in [-0.4, -0.2) is 43.2 Å². The molecule has 1 aliphatic heterocycles. The fraction of sp³-hybridized carbons (Fsp3) is 0.667. The lowest BCUT2D eigenvalue weighted by molar-refractivity contribution is 0.258. The molecule has 0 radical (unpaired) electrons. The van der Waals surface area contributed by atoms with Crippen molar-refractivity contribution in [1.29, 1.82) is 0 Å². The highest BCUT2D eigenvalue weighted by Crippen LogP contribution is 2.22. The van der Waals surface area contributed by atoms with Gasteiger partial charge in [0.05, 0.1) is 0 Å². The molecule has 21 heavy (non-hydrogen) atoms. The zero-order chi connectivity index (χ0) is 15.3. The number of nitrogens with one attached hydrogen (secondary N) is 1. The Morgan fingerprint density at radius 3 is 2.33 bits per heavy atom. The molecule has 0 saturated carbocycles. The summed E-state index contributed by atoms with van der Waals surface area (Å²) in [6, 6.07) is 8.84. The molecule has 0 amide bonds. The van der Waals surface area contributed by atoms with Crippen LogP contribution in [0.3, 0.4) is 0 Å². The van der Waals surface area contributed by atoms with E-state index in [9.17, 15) is 0 Å². The van der Waals surface area contributed by atoms with Crippen molar-refractivity contribution in [2.45, 2.75) is 46.2 Å². The lowest BCUT2D eigenvalue weighted by atomic mass is 10.1. The SMILES string of the molecule is CCCN1CCN(c2ccccc2CNC(C)(C)C)CC1. The lowest BCUT2D eigenvalue weighted by Gasteiger charge is -2.37. The number of para-hydroxylation sites is 1. The second-order valence-electron chi connectivity index (χ2n) is 7.06. The molecule has 0 spiro atoms. The van der Waals surface area contributed by atoms with Gasteiger partial charge >= 0.3 is 0 Å². The molecule has 0 bridgehead atoms. The highest BCUT2D eigenvalue weighted by atomic mass is 15.3. The van der Waals surface area contributed by atoms with Crippen LogP contribution in [0.5, 0.6) is 0 Å². The van der Waals surface area contributed by atoms with E-state index in [0.29, 0.717) is 0 Å². The summed E-state index contributed by atoms with van der Waals surface area (Å²) in [5.41, 5.74) is 2.98. The summed E-state index contributed by atoms with van der Waals surface area (Å²) in [6.45, 7) is 15.8. The van der Waals surface area contributed by atoms with Gasteiger partial charge in [0.25, 0.3) is 0 Å². The van der Waals surface area contributed by atoms with Gasteiger partial charge in [-0.25, -0.2) is 0 Å². The minimum absolute atomic E-state index is 0.160. The molecule has 1 N–H and O–H groups in total. The first-order valence-corrected chi connectivity index (χ1v) is 8.30. The smallest absolute Gasteiger partial charge is 0.0412 e. The van der Waals surface area contributed by atoms with Crippen molar-refractivity contribution in [1.82, 2.24) is 10.2 Å². The van der Waals surface area contributed by atoms with E-state index >= 15 is 0 Å². The Morgan fingerprint density at radius 2 is 1.71 bits per heavy atom. The largest absolute Gasteiger partial charge is 0.369 e. The first-order chi connectivity index (χ1) is 9.99. The molecule has 3 heteroatoms. The van der Waals surface area contributed by atoms with E-state index in [4.69, 9.17) is 0 Å². The van der Waals surface area contributed by atoms with Crippen LogP contribution >= 0.6 is 0 Å². The molecule has 0 aromatic heterocycles. The second kappa shape index (κ2) is 7.28. The summed E-state index contributed by atoms with van der Waals surface area (Å²) in [5, 5.41) is 3.61. The molecule has 1 fully saturated rings. The Morgan fingerprint density at radius 1 is 1.05 bits per heavy atom. The number of rotatable bonds is 5. The molecule has 1 heterocycles. The first kappa shape index (κ1) is 16.3. The maximum Gasteiger partial charge on any atom is 0.0412 e. The monoisotopic (exact) mass is 289 g/mol. The molecule has 0 atom stereocenters. The van der Waals surface area contributed by atoms with Crippen molar-refractivity contribution in [3.63, 3.8) is 0 Å². The number of hydrogen-bond acceptors (Lipinski definition) is 3. The van der Waals surface area contributed by atoms with Crippen LogP contribution in [0.2, 0.25) is 0 Å². The minimum Gasteiger partial charge on any atom is -0.369 e. The van der Waals surface area contributed by atoms with Crippen molar-refractivity contribution < 1.29 is 0 Å². The van der Waals surface area contributed by atoms with Gasteiger partial charge in [-0.2, -0.15) is 0 Å². The quantitative estimate of drug-likeness (QED) is 0.898. The van der Waals surface area contributed by atoms with Gasteiger partial charge in [0.1, 0.15) is 0 Å². The minimum atomic E-state index is 0.160. The van der Waals surface area contributed by atoms with Gasteiger partial charge in [-0.05, 0) is 45.4 Å².